The van der Waals surface area contributed by atoms with Gasteiger partial charge in [-0.15, -0.1) is 0 Å². The van der Waals surface area contributed by atoms with Crippen molar-refractivity contribution < 1.29 is 14.7 Å². The molecule has 1 saturated carbocycles. The fourth-order valence-electron chi connectivity index (χ4n) is 2.91. The Balaban J connectivity index is 2.04. The fraction of sp³-hybridized carbons (Fsp3) is 0.529. The number of nitrogens with one attached hydrogen (secondary N) is 1. The topological polar surface area (TPSA) is 69.2 Å². The molecule has 0 aliphatic heterocycles. The van der Waals surface area contributed by atoms with Crippen molar-refractivity contribution in [3.63, 3.8) is 0 Å². The van der Waals surface area contributed by atoms with E-state index in [1.54, 1.807) is 0 Å². The Morgan fingerprint density at radius 1 is 1.10 bits per heavy atom. The van der Waals surface area contributed by atoms with E-state index in [4.69, 9.17) is 0 Å². The average Bonchev–Trinajstić information content (AvgIpc) is 2.47. The normalized spacial score (nSPS) is 22.0. The van der Waals surface area contributed by atoms with Crippen molar-refractivity contribution in [1.82, 2.24) is 0 Å². The smallest absolute Gasteiger partial charge is 0.228 e. The molecule has 0 bridgehead atoms. The number of aliphatic carboxylic acids is 1. The zero-order valence-corrected chi connectivity index (χ0v) is 12.6. The van der Waals surface area contributed by atoms with Crippen LogP contribution in [-0.2, 0) is 9.59 Å². The van der Waals surface area contributed by atoms with E-state index in [-0.39, 0.29) is 5.91 Å². The molecule has 21 heavy (non-hydrogen) atoms. The first-order chi connectivity index (χ1) is 9.99. The number of benzene rings is 1. The zero-order valence-electron chi connectivity index (χ0n) is 12.6. The van der Waals surface area contributed by atoms with Gasteiger partial charge in [-0.25, -0.2) is 0 Å². The van der Waals surface area contributed by atoms with Gasteiger partial charge in [-0.3, -0.25) is 4.79 Å². The van der Waals surface area contributed by atoms with Crippen LogP contribution in [0.25, 0.3) is 0 Å². The number of anilines is 1. The Kier molecular flexibility index (Phi) is 4.99. The van der Waals surface area contributed by atoms with E-state index in [1.165, 1.54) is 5.56 Å². The van der Waals surface area contributed by atoms with E-state index in [0.29, 0.717) is 24.4 Å². The van der Waals surface area contributed by atoms with Gasteiger partial charge >= 0.3 is 0 Å². The highest BCUT2D eigenvalue weighted by molar-refractivity contribution is 5.95. The van der Waals surface area contributed by atoms with Gasteiger partial charge in [-0.1, -0.05) is 38.8 Å². The van der Waals surface area contributed by atoms with Crippen LogP contribution in [0.15, 0.2) is 24.3 Å². The minimum Gasteiger partial charge on any atom is -0.550 e. The maximum Gasteiger partial charge on any atom is 0.228 e. The summed E-state index contributed by atoms with van der Waals surface area (Å²) in [5.74, 6) is -2.01. The molecule has 1 fully saturated rings. The molecule has 1 aromatic carbocycles. The quantitative estimate of drug-likeness (QED) is 0.924. The molecule has 0 aromatic heterocycles. The van der Waals surface area contributed by atoms with Gasteiger partial charge in [0, 0.05) is 23.5 Å². The third kappa shape index (κ3) is 3.84. The number of hydrogen-bond acceptors (Lipinski definition) is 3. The molecular weight excluding hydrogens is 266 g/mol. The summed E-state index contributed by atoms with van der Waals surface area (Å²) in [6, 6.07) is 7.70. The lowest BCUT2D eigenvalue weighted by atomic mass is 9.78. The van der Waals surface area contributed by atoms with E-state index in [1.807, 2.05) is 24.3 Å². The van der Waals surface area contributed by atoms with Gasteiger partial charge in [0.1, 0.15) is 0 Å². The van der Waals surface area contributed by atoms with Crippen LogP contribution in [-0.4, -0.2) is 11.9 Å². The standard InChI is InChI=1S/C17H23NO3/c1-11(2)12-7-9-13(10-8-12)18-16(19)14-5-3-4-6-15(14)17(20)21/h7-11,14-15H,3-6H2,1-2H3,(H,18,19)(H,20,21)/p-1. The SMILES string of the molecule is CC(C)c1ccc(NC(=O)C2CCCCC2C(=O)[O-])cc1. The Morgan fingerprint density at radius 2 is 1.67 bits per heavy atom. The largest absolute Gasteiger partial charge is 0.550 e. The van der Waals surface area contributed by atoms with Crippen molar-refractivity contribution in [3.8, 4) is 0 Å². The molecule has 2 unspecified atom stereocenters. The Bertz CT molecular complexity index is 507. The summed E-state index contributed by atoms with van der Waals surface area (Å²) in [6.45, 7) is 4.22. The van der Waals surface area contributed by atoms with Crippen molar-refractivity contribution >= 4 is 17.6 Å². The van der Waals surface area contributed by atoms with Crippen molar-refractivity contribution in [2.24, 2.45) is 11.8 Å². The number of carboxylic acids is 1. The van der Waals surface area contributed by atoms with Gasteiger partial charge in [-0.2, -0.15) is 0 Å². The first kappa shape index (κ1) is 15.5. The predicted octanol–water partition coefficient (Wildman–Crippen LogP) is 2.30. The Morgan fingerprint density at radius 3 is 2.19 bits per heavy atom. The van der Waals surface area contributed by atoms with Gasteiger partial charge in [0.15, 0.2) is 0 Å². The summed E-state index contributed by atoms with van der Waals surface area (Å²) in [6.07, 6.45) is 2.90. The number of carbonyl (C=O) groups is 2. The summed E-state index contributed by atoms with van der Waals surface area (Å²) in [7, 11) is 0. The van der Waals surface area contributed by atoms with Gasteiger partial charge in [-0.05, 0) is 36.5 Å². The molecule has 1 N–H and O–H groups in total. The highest BCUT2D eigenvalue weighted by Crippen LogP contribution is 2.30. The maximum atomic E-state index is 12.3. The molecule has 1 aliphatic rings. The van der Waals surface area contributed by atoms with Crippen LogP contribution in [0.4, 0.5) is 5.69 Å². The van der Waals surface area contributed by atoms with E-state index >= 15 is 0 Å². The van der Waals surface area contributed by atoms with Crippen molar-refractivity contribution in [3.05, 3.63) is 29.8 Å². The van der Waals surface area contributed by atoms with Crippen LogP contribution >= 0.6 is 0 Å². The molecule has 0 radical (unpaired) electrons. The number of carboxylic acid groups (broad SMARTS) is 1. The van der Waals surface area contributed by atoms with E-state index in [2.05, 4.69) is 19.2 Å². The number of carbonyl (C=O) groups excluding carboxylic acids is 2. The minimum atomic E-state index is -1.11. The van der Waals surface area contributed by atoms with Crippen LogP contribution in [0.2, 0.25) is 0 Å². The summed E-state index contributed by atoms with van der Waals surface area (Å²) >= 11 is 0. The van der Waals surface area contributed by atoms with Crippen LogP contribution in [0.3, 0.4) is 0 Å². The molecule has 0 saturated heterocycles. The molecule has 2 atom stereocenters. The lowest BCUT2D eigenvalue weighted by Crippen LogP contribution is -2.42. The molecule has 1 aliphatic carbocycles. The Hall–Kier alpha value is -1.84. The molecule has 4 nitrogen and oxygen atoms in total. The second-order valence-corrected chi connectivity index (χ2v) is 6.08. The molecule has 0 spiro atoms. The van der Waals surface area contributed by atoms with E-state index in [9.17, 15) is 14.7 Å². The van der Waals surface area contributed by atoms with Gasteiger partial charge in [0.25, 0.3) is 0 Å². The van der Waals surface area contributed by atoms with Crippen LogP contribution in [0.5, 0.6) is 0 Å². The lowest BCUT2D eigenvalue weighted by Gasteiger charge is -2.31. The van der Waals surface area contributed by atoms with E-state index in [0.717, 1.165) is 12.8 Å². The highest BCUT2D eigenvalue weighted by Gasteiger charge is 2.31. The average molecular weight is 288 g/mol. The van der Waals surface area contributed by atoms with Crippen LogP contribution < -0.4 is 10.4 Å². The second-order valence-electron chi connectivity index (χ2n) is 6.08. The third-order valence-electron chi connectivity index (χ3n) is 4.25. The third-order valence-corrected chi connectivity index (χ3v) is 4.25. The second kappa shape index (κ2) is 6.74. The lowest BCUT2D eigenvalue weighted by molar-refractivity contribution is -0.313. The number of hydrogen-bond donors (Lipinski definition) is 1. The molecule has 0 heterocycles. The van der Waals surface area contributed by atoms with Crippen molar-refractivity contribution in [2.45, 2.75) is 45.4 Å². The molecular formula is C17H22NO3-. The van der Waals surface area contributed by atoms with E-state index < -0.39 is 17.8 Å². The van der Waals surface area contributed by atoms with Gasteiger partial charge in [0.05, 0.1) is 0 Å². The fourth-order valence-corrected chi connectivity index (χ4v) is 2.91. The summed E-state index contributed by atoms with van der Waals surface area (Å²) in [5, 5.41) is 14.0. The Labute approximate surface area is 125 Å². The predicted molar refractivity (Wildman–Crippen MR) is 79.6 cm³/mol. The summed E-state index contributed by atoms with van der Waals surface area (Å²) < 4.78 is 0. The number of amides is 1. The molecule has 114 valence electrons. The molecule has 2 rings (SSSR count). The first-order valence-corrected chi connectivity index (χ1v) is 7.60. The highest BCUT2D eigenvalue weighted by atomic mass is 16.4. The monoisotopic (exact) mass is 288 g/mol. The first-order valence-electron chi connectivity index (χ1n) is 7.60. The molecule has 4 heteroatoms. The molecule has 1 aromatic rings. The van der Waals surface area contributed by atoms with Crippen LogP contribution in [0.1, 0.15) is 51.0 Å². The minimum absolute atomic E-state index is 0.207. The van der Waals surface area contributed by atoms with Gasteiger partial charge < -0.3 is 15.2 Å². The summed E-state index contributed by atoms with van der Waals surface area (Å²) in [4.78, 5) is 23.4. The summed E-state index contributed by atoms with van der Waals surface area (Å²) in [5.41, 5.74) is 1.92. The zero-order chi connectivity index (χ0) is 15.4. The maximum absolute atomic E-state index is 12.3. The van der Waals surface area contributed by atoms with Gasteiger partial charge in [0.2, 0.25) is 5.91 Å². The van der Waals surface area contributed by atoms with Crippen molar-refractivity contribution in [1.29, 1.82) is 0 Å². The number of rotatable bonds is 4. The molecule has 1 amide bonds. The van der Waals surface area contributed by atoms with Crippen molar-refractivity contribution in [2.75, 3.05) is 5.32 Å². The van der Waals surface area contributed by atoms with Crippen LogP contribution in [0, 0.1) is 11.8 Å².